The van der Waals surface area contributed by atoms with Gasteiger partial charge in [0.15, 0.2) is 15.6 Å². The Bertz CT molecular complexity index is 3500. The Morgan fingerprint density at radius 2 is 1.53 bits per heavy atom. The molecule has 8 rings (SSSR count). The average molecular weight is 919 g/mol. The largest absolute Gasteiger partial charge is 0.744 e. The molecule has 6 aromatic rings. The van der Waals surface area contributed by atoms with Crippen molar-refractivity contribution in [2.24, 2.45) is 0 Å². The Morgan fingerprint density at radius 1 is 0.844 bits per heavy atom. The number of nitrogen functional groups attached to an aromatic ring is 1. The van der Waals surface area contributed by atoms with Crippen molar-refractivity contribution in [3.05, 3.63) is 165 Å². The first-order valence-electron chi connectivity index (χ1n) is 19.2. The lowest BCUT2D eigenvalue weighted by atomic mass is 9.88. The van der Waals surface area contributed by atoms with Gasteiger partial charge in [0.05, 0.1) is 20.4 Å². The van der Waals surface area contributed by atoms with Crippen molar-refractivity contribution in [2.45, 2.75) is 48.5 Å². The number of hydrogen-bond acceptors (Lipinski definition) is 12. The molecule has 2 aliphatic heterocycles. The van der Waals surface area contributed by atoms with Crippen molar-refractivity contribution >= 4 is 81.8 Å². The van der Waals surface area contributed by atoms with Crippen LogP contribution < -0.4 is 31.1 Å². The standard InChI is InChI=1S/C27H23NO3.C20H18N2O8S3/c1-15(2)27(30)28-19-8-11-20(23(14-19)18(5)29)26-21-9-6-16(3)12-24(21)31-25-13-17(4)7-10-22(25)26;1-2-31(23,24)15-5-3-4-14(8-15)22-10-12-6-16(32(25,26)27)9-17-19(12)13(11-22)7-18(20(17)21)33(28,29)30/h6-14H,1,3H2,2,4-5H3,(H,28,30);2-9H,1,10-11,21H2,(H,25,26,27)(H,28,29,30)/p-1. The van der Waals surface area contributed by atoms with Gasteiger partial charge in [-0.15, -0.1) is 0 Å². The first-order chi connectivity index (χ1) is 30.0. The zero-order chi connectivity index (χ0) is 46.6. The van der Waals surface area contributed by atoms with Crippen LogP contribution in [-0.4, -0.2) is 46.0 Å². The summed E-state index contributed by atoms with van der Waals surface area (Å²) in [6.45, 7) is 16.3. The summed E-state index contributed by atoms with van der Waals surface area (Å²) in [5.41, 5.74) is 11.9. The minimum Gasteiger partial charge on any atom is -0.744 e. The Hall–Kier alpha value is -6.89. The molecule has 6 aromatic carbocycles. The highest BCUT2D eigenvalue weighted by Crippen LogP contribution is 2.41. The maximum Gasteiger partial charge on any atom is 0.294 e. The summed E-state index contributed by atoms with van der Waals surface area (Å²) in [6, 6.07) is 26.5. The van der Waals surface area contributed by atoms with Crippen LogP contribution in [0.1, 0.15) is 52.0 Å². The molecular formula is C47H40N3O11S3-. The lowest BCUT2D eigenvalue weighted by Gasteiger charge is -2.32. The van der Waals surface area contributed by atoms with Crippen LogP contribution in [0, 0.1) is 6.92 Å². The fourth-order valence-electron chi connectivity index (χ4n) is 7.61. The molecule has 328 valence electrons. The van der Waals surface area contributed by atoms with Crippen molar-refractivity contribution in [3.8, 4) is 11.5 Å². The molecule has 0 fully saturated rings. The molecule has 0 saturated heterocycles. The molecule has 0 aliphatic carbocycles. The summed E-state index contributed by atoms with van der Waals surface area (Å²) in [6.07, 6.45) is 0. The topological polar surface area (TPSA) is 230 Å². The van der Waals surface area contributed by atoms with Gasteiger partial charge >= 0.3 is 0 Å². The number of amides is 1. The smallest absolute Gasteiger partial charge is 0.294 e. The zero-order valence-electron chi connectivity index (χ0n) is 34.6. The molecule has 64 heavy (non-hydrogen) atoms. The van der Waals surface area contributed by atoms with Crippen LogP contribution in [0.25, 0.3) is 22.9 Å². The molecule has 17 heteroatoms. The molecule has 2 heterocycles. The van der Waals surface area contributed by atoms with Crippen molar-refractivity contribution in [3.63, 3.8) is 0 Å². The van der Waals surface area contributed by atoms with Crippen LogP contribution in [0.3, 0.4) is 0 Å². The number of aryl methyl sites for hydroxylation is 1. The van der Waals surface area contributed by atoms with Gasteiger partial charge in [-0.05, 0) is 114 Å². The van der Waals surface area contributed by atoms with E-state index >= 15 is 0 Å². The maximum atomic E-state index is 12.6. The SMILES string of the molecule is C=C(C)C(=O)Nc1ccc(C2=c3ccc(=C)cc3Oc3cc(C)ccc32)c(C(C)=O)c1.C=CS(=O)(=O)c1cccc(N2Cc3cc(S(=O)(=O)O)cc4c(N)c(S(=O)(=O)[O-])cc(c34)C2)c1. The average Bonchev–Trinajstić information content (AvgIpc) is 3.23. The van der Waals surface area contributed by atoms with Gasteiger partial charge in [-0.2, -0.15) is 8.42 Å². The number of nitrogens with two attached hydrogens (primary N) is 1. The number of carbonyl (C=O) groups is 2. The Morgan fingerprint density at radius 3 is 2.17 bits per heavy atom. The number of Topliss-reactive ketones (excluding diaryl/α,β-unsaturated/α-hetero) is 1. The van der Waals surface area contributed by atoms with Gasteiger partial charge in [0.1, 0.15) is 21.6 Å². The first-order valence-corrected chi connectivity index (χ1v) is 23.6. The molecule has 0 aromatic heterocycles. The van der Waals surface area contributed by atoms with Crippen LogP contribution in [0.4, 0.5) is 17.1 Å². The second-order valence-corrected chi connectivity index (χ2v) is 20.0. The lowest BCUT2D eigenvalue weighted by molar-refractivity contribution is -0.112. The second kappa shape index (κ2) is 16.7. The number of benzene rings is 6. The van der Waals surface area contributed by atoms with Gasteiger partial charge in [0.25, 0.3) is 16.0 Å². The van der Waals surface area contributed by atoms with E-state index in [-0.39, 0.29) is 35.1 Å². The van der Waals surface area contributed by atoms with Crippen LogP contribution >= 0.6 is 0 Å². The molecule has 2 aliphatic rings. The van der Waals surface area contributed by atoms with E-state index in [1.54, 1.807) is 30.0 Å². The van der Waals surface area contributed by atoms with Crippen molar-refractivity contribution in [1.29, 1.82) is 0 Å². The monoisotopic (exact) mass is 918 g/mol. The zero-order valence-corrected chi connectivity index (χ0v) is 37.1. The summed E-state index contributed by atoms with van der Waals surface area (Å²) in [7, 11) is -13.4. The van der Waals surface area contributed by atoms with E-state index in [9.17, 15) is 43.9 Å². The van der Waals surface area contributed by atoms with E-state index in [4.69, 9.17) is 10.5 Å². The molecule has 0 radical (unpaired) electrons. The predicted octanol–water partition coefficient (Wildman–Crippen LogP) is 6.49. The third-order valence-corrected chi connectivity index (χ3v) is 13.7. The molecule has 14 nitrogen and oxygen atoms in total. The van der Waals surface area contributed by atoms with Crippen molar-refractivity contribution in [2.75, 3.05) is 16.0 Å². The Kier molecular flexibility index (Phi) is 11.8. The Balaban J connectivity index is 0.000000192. The van der Waals surface area contributed by atoms with Gasteiger partial charge in [-0.25, -0.2) is 16.8 Å². The maximum absolute atomic E-state index is 12.6. The molecule has 0 spiro atoms. The number of ether oxygens (including phenoxy) is 1. The summed E-state index contributed by atoms with van der Waals surface area (Å²) in [5, 5.41) is 5.80. The molecule has 0 bridgehead atoms. The summed E-state index contributed by atoms with van der Waals surface area (Å²) in [5.74, 6) is 1.07. The van der Waals surface area contributed by atoms with Gasteiger partial charge in [0.2, 0.25) is 0 Å². The second-order valence-electron chi connectivity index (χ2n) is 15.3. The first kappa shape index (κ1) is 45.1. The predicted molar refractivity (Wildman–Crippen MR) is 244 cm³/mol. The van der Waals surface area contributed by atoms with E-state index in [0.29, 0.717) is 44.8 Å². The van der Waals surface area contributed by atoms with Gasteiger partial charge < -0.3 is 25.2 Å². The quantitative estimate of drug-likeness (QED) is 0.0610. The van der Waals surface area contributed by atoms with Crippen LogP contribution in [-0.2, 0) is 48.0 Å². The molecule has 1 amide bonds. The van der Waals surface area contributed by atoms with Gasteiger partial charge in [0, 0.05) is 62.8 Å². The summed E-state index contributed by atoms with van der Waals surface area (Å²) < 4.78 is 99.2. The van der Waals surface area contributed by atoms with E-state index in [0.717, 1.165) is 56.0 Å². The number of carbonyl (C=O) groups excluding carboxylic acids is 2. The molecule has 0 atom stereocenters. The summed E-state index contributed by atoms with van der Waals surface area (Å²) >= 11 is 0. The molecule has 0 saturated carbocycles. The molecule has 4 N–H and O–H groups in total. The molecular weight excluding hydrogens is 879 g/mol. The van der Waals surface area contributed by atoms with E-state index < -0.39 is 45.6 Å². The minimum atomic E-state index is -5.00. The number of nitrogens with zero attached hydrogens (tertiary/aromatic N) is 1. The van der Waals surface area contributed by atoms with Crippen molar-refractivity contribution < 1.29 is 48.7 Å². The Labute approximate surface area is 369 Å². The van der Waals surface area contributed by atoms with Crippen LogP contribution in [0.2, 0.25) is 0 Å². The lowest BCUT2D eigenvalue weighted by Crippen LogP contribution is -2.27. The highest BCUT2D eigenvalue weighted by Gasteiger charge is 2.27. The van der Waals surface area contributed by atoms with E-state index in [1.807, 2.05) is 49.4 Å². The fraction of sp³-hybridized carbons (Fsp3) is 0.106. The van der Waals surface area contributed by atoms with Crippen molar-refractivity contribution in [1.82, 2.24) is 0 Å². The van der Waals surface area contributed by atoms with Gasteiger partial charge in [-0.3, -0.25) is 14.1 Å². The highest BCUT2D eigenvalue weighted by atomic mass is 32.2. The molecule has 0 unspecified atom stereocenters. The normalized spacial score (nSPS) is 13.1. The highest BCUT2D eigenvalue weighted by molar-refractivity contribution is 7.94. The number of sulfone groups is 1. The number of nitrogens with one attached hydrogen (secondary N) is 1. The fourth-order valence-corrected chi connectivity index (χ4v) is 9.58. The number of fused-ring (bicyclic) bond motifs is 2. The number of rotatable bonds is 9. The number of anilines is 3. The minimum absolute atomic E-state index is 0.00897. The summed E-state index contributed by atoms with van der Waals surface area (Å²) in [4.78, 5) is 25.1. The van der Waals surface area contributed by atoms with Gasteiger partial charge in [-0.1, -0.05) is 56.1 Å². The van der Waals surface area contributed by atoms with Crippen LogP contribution in [0.5, 0.6) is 11.5 Å². The number of ketones is 1. The number of hydrogen-bond donors (Lipinski definition) is 3. The third kappa shape index (κ3) is 8.84. The van der Waals surface area contributed by atoms with E-state index in [2.05, 4.69) is 25.1 Å². The van der Waals surface area contributed by atoms with Crippen LogP contribution in [0.15, 0.2) is 136 Å². The van der Waals surface area contributed by atoms with E-state index in [1.165, 1.54) is 31.2 Å². The third-order valence-electron chi connectivity index (χ3n) is 10.7.